The lowest BCUT2D eigenvalue weighted by Crippen LogP contribution is -2.72. The first-order valence-electron chi connectivity index (χ1n) is 9.86. The van der Waals surface area contributed by atoms with Crippen LogP contribution in [0.1, 0.15) is 43.6 Å². The van der Waals surface area contributed by atoms with E-state index >= 15 is 0 Å². The minimum atomic E-state index is -3.65. The molecule has 146 valence electrons. The van der Waals surface area contributed by atoms with Gasteiger partial charge in [0.1, 0.15) is 0 Å². The first kappa shape index (κ1) is 18.9. The van der Waals surface area contributed by atoms with Crippen molar-refractivity contribution in [3.8, 4) is 6.07 Å². The van der Waals surface area contributed by atoms with Crippen LogP contribution in [0.4, 0.5) is 0 Å². The van der Waals surface area contributed by atoms with Crippen molar-refractivity contribution in [3.63, 3.8) is 0 Å². The predicted molar refractivity (Wildman–Crippen MR) is 104 cm³/mol. The van der Waals surface area contributed by atoms with Gasteiger partial charge in [0.2, 0.25) is 0 Å². The second-order valence-electron chi connectivity index (χ2n) is 8.55. The van der Waals surface area contributed by atoms with Crippen molar-refractivity contribution in [1.29, 1.82) is 5.26 Å². The highest BCUT2D eigenvalue weighted by Gasteiger charge is 2.51. The highest BCUT2D eigenvalue weighted by molar-refractivity contribution is 7.86. The predicted octanol–water partition coefficient (Wildman–Crippen LogP) is 2.06. The molecule has 0 radical (unpaired) electrons. The minimum Gasteiger partial charge on any atom is -0.294 e. The van der Waals surface area contributed by atoms with Crippen molar-refractivity contribution in [2.45, 2.75) is 43.6 Å². The molecule has 2 heterocycles. The van der Waals surface area contributed by atoms with Gasteiger partial charge in [-0.15, -0.1) is 0 Å². The van der Waals surface area contributed by atoms with Crippen LogP contribution in [0.3, 0.4) is 0 Å². The Morgan fingerprint density at radius 2 is 1.85 bits per heavy atom. The van der Waals surface area contributed by atoms with E-state index in [1.165, 1.54) is 22.7 Å². The molecule has 1 aromatic rings. The molecule has 2 N–H and O–H groups in total. The van der Waals surface area contributed by atoms with E-state index in [-0.39, 0.29) is 5.54 Å². The zero-order chi connectivity index (χ0) is 19.1. The summed E-state index contributed by atoms with van der Waals surface area (Å²) in [5, 5.41) is 14.5. The summed E-state index contributed by atoms with van der Waals surface area (Å²) in [6, 6.07) is 13.1. The molecular weight excluding hydrogens is 360 g/mol. The first-order chi connectivity index (χ1) is 12.9. The third-order valence-electron chi connectivity index (χ3n) is 6.78. The van der Waals surface area contributed by atoms with Crippen molar-refractivity contribution >= 4 is 10.2 Å². The van der Waals surface area contributed by atoms with Gasteiger partial charge in [0.25, 0.3) is 10.2 Å². The van der Waals surface area contributed by atoms with E-state index in [0.717, 1.165) is 43.7 Å². The maximum atomic E-state index is 11.5. The Kier molecular flexibility index (Phi) is 5.02. The summed E-state index contributed by atoms with van der Waals surface area (Å²) in [7, 11) is -3.65. The number of nitriles is 1. The molecule has 27 heavy (non-hydrogen) atoms. The number of hydrogen-bond donors (Lipinski definition) is 1. The van der Waals surface area contributed by atoms with Gasteiger partial charge in [-0.25, -0.2) is 5.14 Å². The van der Waals surface area contributed by atoms with E-state index in [0.29, 0.717) is 19.5 Å². The third kappa shape index (κ3) is 3.90. The SMILES string of the molecule is N#CCC1(N2CCC(C[C@@H]3CC3c3ccccc3)CC2)CN(S(N)(=O)=O)C1. The van der Waals surface area contributed by atoms with Crippen LogP contribution in [-0.2, 0) is 10.2 Å². The van der Waals surface area contributed by atoms with Crippen LogP contribution in [0, 0.1) is 23.2 Å². The normalized spacial score (nSPS) is 29.0. The quantitative estimate of drug-likeness (QED) is 0.808. The van der Waals surface area contributed by atoms with Crippen molar-refractivity contribution in [3.05, 3.63) is 35.9 Å². The van der Waals surface area contributed by atoms with Gasteiger partial charge in [-0.05, 0) is 62.1 Å². The number of nitrogens with zero attached hydrogens (tertiary/aromatic N) is 3. The van der Waals surface area contributed by atoms with Gasteiger partial charge in [0.15, 0.2) is 0 Å². The van der Waals surface area contributed by atoms with E-state index in [9.17, 15) is 13.7 Å². The molecule has 1 saturated carbocycles. The van der Waals surface area contributed by atoms with E-state index < -0.39 is 10.2 Å². The van der Waals surface area contributed by atoms with Crippen LogP contribution >= 0.6 is 0 Å². The van der Waals surface area contributed by atoms with E-state index in [2.05, 4.69) is 41.3 Å². The van der Waals surface area contributed by atoms with Gasteiger partial charge in [-0.2, -0.15) is 18.0 Å². The number of likely N-dealkylation sites (tertiary alicyclic amines) is 1. The number of piperidine rings is 1. The van der Waals surface area contributed by atoms with E-state index in [4.69, 9.17) is 5.14 Å². The Balaban J connectivity index is 1.28. The summed E-state index contributed by atoms with van der Waals surface area (Å²) in [5.41, 5.74) is 1.14. The molecule has 3 aliphatic rings. The Bertz CT molecular complexity index is 806. The van der Waals surface area contributed by atoms with Crippen molar-refractivity contribution in [1.82, 2.24) is 9.21 Å². The Morgan fingerprint density at radius 3 is 2.44 bits per heavy atom. The zero-order valence-electron chi connectivity index (χ0n) is 15.6. The lowest BCUT2D eigenvalue weighted by Gasteiger charge is -2.55. The Labute approximate surface area is 162 Å². The molecule has 2 atom stereocenters. The summed E-state index contributed by atoms with van der Waals surface area (Å²) >= 11 is 0. The molecule has 0 bridgehead atoms. The molecule has 4 rings (SSSR count). The topological polar surface area (TPSA) is 90.4 Å². The lowest BCUT2D eigenvalue weighted by molar-refractivity contribution is -0.0302. The van der Waals surface area contributed by atoms with Gasteiger partial charge in [-0.3, -0.25) is 4.90 Å². The molecule has 6 nitrogen and oxygen atoms in total. The zero-order valence-corrected chi connectivity index (χ0v) is 16.4. The average Bonchev–Trinajstić information content (AvgIpc) is 3.37. The summed E-state index contributed by atoms with van der Waals surface area (Å²) in [6.45, 7) is 2.60. The van der Waals surface area contributed by atoms with Crippen molar-refractivity contribution in [2.24, 2.45) is 17.0 Å². The van der Waals surface area contributed by atoms with Gasteiger partial charge >= 0.3 is 0 Å². The highest BCUT2D eigenvalue weighted by Crippen LogP contribution is 2.52. The summed E-state index contributed by atoms with van der Waals surface area (Å²) in [4.78, 5) is 2.34. The summed E-state index contributed by atoms with van der Waals surface area (Å²) in [6.07, 6.45) is 5.25. The molecule has 1 aromatic carbocycles. The fraction of sp³-hybridized carbons (Fsp3) is 0.650. The fourth-order valence-corrected chi connectivity index (χ4v) is 5.89. The van der Waals surface area contributed by atoms with Crippen LogP contribution in [0.2, 0.25) is 0 Å². The van der Waals surface area contributed by atoms with Crippen LogP contribution in [0.15, 0.2) is 30.3 Å². The van der Waals surface area contributed by atoms with E-state index in [1.807, 2.05) is 0 Å². The van der Waals surface area contributed by atoms with Crippen molar-refractivity contribution in [2.75, 3.05) is 26.2 Å². The lowest BCUT2D eigenvalue weighted by atomic mass is 9.82. The van der Waals surface area contributed by atoms with Crippen LogP contribution < -0.4 is 5.14 Å². The summed E-state index contributed by atoms with van der Waals surface area (Å²) < 4.78 is 24.3. The number of hydrogen-bond acceptors (Lipinski definition) is 4. The molecular formula is C20H28N4O2S. The van der Waals surface area contributed by atoms with Gasteiger partial charge in [0, 0.05) is 13.1 Å². The largest absolute Gasteiger partial charge is 0.294 e. The van der Waals surface area contributed by atoms with E-state index in [1.54, 1.807) is 0 Å². The molecule has 3 fully saturated rings. The standard InChI is InChI=1S/C20H28N4O2S/c21-9-8-20(14-24(15-20)27(22,25)26)23-10-6-16(7-11-23)12-18-13-19(18)17-4-2-1-3-5-17/h1-5,16,18-19H,6-8,10-15H2,(H2,22,25,26)/t18-,19?/m1/s1. The minimum absolute atomic E-state index is 0.335. The number of rotatable bonds is 6. The van der Waals surface area contributed by atoms with Gasteiger partial charge in [0.05, 0.1) is 18.0 Å². The maximum absolute atomic E-state index is 11.5. The number of benzene rings is 1. The molecule has 0 aromatic heterocycles. The average molecular weight is 389 g/mol. The van der Waals surface area contributed by atoms with Crippen molar-refractivity contribution < 1.29 is 8.42 Å². The van der Waals surface area contributed by atoms with Crippen LogP contribution in [0.5, 0.6) is 0 Å². The molecule has 1 aliphatic carbocycles. The first-order valence-corrected chi connectivity index (χ1v) is 11.4. The Hall–Kier alpha value is -1.46. The molecule has 0 amide bonds. The molecule has 1 unspecified atom stereocenters. The summed E-state index contributed by atoms with van der Waals surface area (Å²) in [5.74, 6) is 2.30. The second kappa shape index (κ2) is 7.17. The van der Waals surface area contributed by atoms with Gasteiger partial charge in [-0.1, -0.05) is 30.3 Å². The fourth-order valence-electron chi connectivity index (χ4n) is 5.05. The number of nitrogens with two attached hydrogens (primary N) is 1. The molecule has 2 saturated heterocycles. The molecule has 2 aliphatic heterocycles. The highest BCUT2D eigenvalue weighted by atomic mass is 32.2. The van der Waals surface area contributed by atoms with Crippen LogP contribution in [-0.4, -0.2) is 49.3 Å². The molecule has 0 spiro atoms. The Morgan fingerprint density at radius 1 is 1.19 bits per heavy atom. The third-order valence-corrected chi connectivity index (χ3v) is 7.76. The molecule has 7 heteroatoms. The van der Waals surface area contributed by atoms with Gasteiger partial charge < -0.3 is 0 Å². The monoisotopic (exact) mass is 388 g/mol. The smallest absolute Gasteiger partial charge is 0.277 e. The second-order valence-corrected chi connectivity index (χ2v) is 10.1. The van der Waals surface area contributed by atoms with Crippen LogP contribution in [0.25, 0.3) is 0 Å². The maximum Gasteiger partial charge on any atom is 0.277 e.